The van der Waals surface area contributed by atoms with Crippen molar-refractivity contribution in [1.29, 1.82) is 0 Å². The normalized spacial score (nSPS) is 15.8. The third kappa shape index (κ3) is 4.26. The number of carbonyl (C=O) groups is 1. The van der Waals surface area contributed by atoms with Crippen LogP contribution in [0.25, 0.3) is 11.0 Å². The smallest absolute Gasteiger partial charge is 0.315 e. The molecule has 0 aliphatic heterocycles. The molecule has 0 unspecified atom stereocenters. The van der Waals surface area contributed by atoms with Crippen LogP contribution in [0.15, 0.2) is 28.8 Å². The van der Waals surface area contributed by atoms with Crippen molar-refractivity contribution in [2.24, 2.45) is 0 Å². The van der Waals surface area contributed by atoms with E-state index in [1.807, 2.05) is 24.3 Å². The quantitative estimate of drug-likeness (QED) is 0.854. The molecule has 1 fully saturated rings. The second-order valence-electron chi connectivity index (χ2n) is 6.51. The number of aromatic nitrogens is 1. The number of rotatable bonds is 6. The lowest BCUT2D eigenvalue weighted by Crippen LogP contribution is -2.42. The molecule has 0 spiro atoms. The maximum Gasteiger partial charge on any atom is 0.315 e. The van der Waals surface area contributed by atoms with Crippen LogP contribution < -0.4 is 10.6 Å². The topological polar surface area (TPSA) is 70.4 Å². The van der Waals surface area contributed by atoms with Crippen molar-refractivity contribution in [3.63, 3.8) is 0 Å². The maximum absolute atomic E-state index is 11.9. The third-order valence-electron chi connectivity index (χ3n) is 4.82. The van der Waals surface area contributed by atoms with E-state index in [1.54, 1.807) is 0 Å². The first-order valence-electron chi connectivity index (χ1n) is 8.79. The summed E-state index contributed by atoms with van der Waals surface area (Å²) in [5, 5.41) is 10.7. The minimum atomic E-state index is -0.167. The number of likely N-dealkylation sites (N-methyl/N-ethyl adjacent to an activating group) is 1. The molecule has 1 aliphatic carbocycles. The van der Waals surface area contributed by atoms with Gasteiger partial charge in [-0.1, -0.05) is 36.6 Å². The summed E-state index contributed by atoms with van der Waals surface area (Å²) in [6.45, 7) is 1.89. The van der Waals surface area contributed by atoms with Crippen molar-refractivity contribution in [2.75, 3.05) is 20.1 Å². The highest BCUT2D eigenvalue weighted by atomic mass is 16.5. The Kier molecular flexibility index (Phi) is 5.69. The van der Waals surface area contributed by atoms with E-state index < -0.39 is 0 Å². The van der Waals surface area contributed by atoms with Crippen molar-refractivity contribution in [3.8, 4) is 0 Å². The molecule has 2 amide bonds. The molecule has 2 aromatic rings. The average Bonchev–Trinajstić information content (AvgIpc) is 3.04. The number of hydrogen-bond acceptors (Lipinski definition) is 4. The number of fused-ring (bicyclic) bond motifs is 1. The van der Waals surface area contributed by atoms with Gasteiger partial charge in [0.25, 0.3) is 0 Å². The Morgan fingerprint density at radius 3 is 2.88 bits per heavy atom. The molecule has 0 saturated heterocycles. The Morgan fingerprint density at radius 1 is 1.25 bits per heavy atom. The Hall–Kier alpha value is -2.08. The van der Waals surface area contributed by atoms with Crippen molar-refractivity contribution < 1.29 is 9.32 Å². The fourth-order valence-corrected chi connectivity index (χ4v) is 3.34. The first kappa shape index (κ1) is 16.8. The predicted octanol–water partition coefficient (Wildman–Crippen LogP) is 2.89. The van der Waals surface area contributed by atoms with E-state index in [1.165, 1.54) is 32.1 Å². The van der Waals surface area contributed by atoms with E-state index in [2.05, 4.69) is 27.7 Å². The van der Waals surface area contributed by atoms with Crippen LogP contribution in [-0.4, -0.2) is 42.3 Å². The van der Waals surface area contributed by atoms with Crippen molar-refractivity contribution in [2.45, 2.75) is 44.7 Å². The zero-order valence-electron chi connectivity index (χ0n) is 14.3. The minimum absolute atomic E-state index is 0.167. The van der Waals surface area contributed by atoms with Crippen LogP contribution in [0.1, 0.15) is 37.8 Å². The summed E-state index contributed by atoms with van der Waals surface area (Å²) in [5.41, 5.74) is 1.49. The van der Waals surface area contributed by atoms with Crippen LogP contribution in [0.5, 0.6) is 0 Å². The fraction of sp³-hybridized carbons (Fsp3) is 0.556. The van der Waals surface area contributed by atoms with E-state index in [9.17, 15) is 4.79 Å². The summed E-state index contributed by atoms with van der Waals surface area (Å²) in [6.07, 6.45) is 6.58. The standard InChI is InChI=1S/C18H26N4O2/c1-22(14-7-3-2-4-8-14)12-11-19-18(23)20-13-16-15-9-5-6-10-17(15)24-21-16/h5-6,9-10,14H,2-4,7-8,11-13H2,1H3,(H2,19,20,23). The van der Waals surface area contributed by atoms with E-state index in [4.69, 9.17) is 4.52 Å². The average molecular weight is 330 g/mol. The van der Waals surface area contributed by atoms with Gasteiger partial charge in [0.2, 0.25) is 0 Å². The molecule has 0 radical (unpaired) electrons. The van der Waals surface area contributed by atoms with Crippen LogP contribution in [0.4, 0.5) is 4.79 Å². The number of benzene rings is 1. The molecule has 0 atom stereocenters. The zero-order valence-corrected chi connectivity index (χ0v) is 14.3. The Labute approximate surface area is 142 Å². The summed E-state index contributed by atoms with van der Waals surface area (Å²) in [7, 11) is 2.15. The molecule has 6 heteroatoms. The molecule has 1 saturated carbocycles. The van der Waals surface area contributed by atoms with E-state index in [-0.39, 0.29) is 6.03 Å². The summed E-state index contributed by atoms with van der Waals surface area (Å²) in [5.74, 6) is 0. The molecule has 6 nitrogen and oxygen atoms in total. The largest absolute Gasteiger partial charge is 0.356 e. The number of para-hydroxylation sites is 1. The molecule has 130 valence electrons. The molecule has 24 heavy (non-hydrogen) atoms. The summed E-state index contributed by atoms with van der Waals surface area (Å²) in [4.78, 5) is 14.3. The second-order valence-corrected chi connectivity index (χ2v) is 6.51. The van der Waals surface area contributed by atoms with Crippen molar-refractivity contribution in [1.82, 2.24) is 20.7 Å². The van der Waals surface area contributed by atoms with E-state index >= 15 is 0 Å². The lowest BCUT2D eigenvalue weighted by molar-refractivity contribution is 0.191. The third-order valence-corrected chi connectivity index (χ3v) is 4.82. The van der Waals surface area contributed by atoms with Crippen molar-refractivity contribution >= 4 is 17.0 Å². The predicted molar refractivity (Wildman–Crippen MR) is 93.8 cm³/mol. The highest BCUT2D eigenvalue weighted by Crippen LogP contribution is 2.21. The van der Waals surface area contributed by atoms with Crippen LogP contribution in [-0.2, 0) is 6.54 Å². The SMILES string of the molecule is CN(CCNC(=O)NCc1noc2ccccc12)C1CCCCC1. The first-order valence-corrected chi connectivity index (χ1v) is 8.79. The van der Waals surface area contributed by atoms with Gasteiger partial charge in [0.05, 0.1) is 6.54 Å². The minimum Gasteiger partial charge on any atom is -0.356 e. The Bertz CT molecular complexity index is 664. The number of nitrogens with zero attached hydrogens (tertiary/aromatic N) is 2. The van der Waals surface area contributed by atoms with E-state index in [0.29, 0.717) is 19.1 Å². The molecular weight excluding hydrogens is 304 g/mol. The van der Waals surface area contributed by atoms with Gasteiger partial charge in [-0.05, 0) is 32.0 Å². The molecule has 1 aromatic carbocycles. The molecule has 0 bridgehead atoms. The van der Waals surface area contributed by atoms with Gasteiger partial charge in [-0.25, -0.2) is 4.79 Å². The van der Waals surface area contributed by atoms with Gasteiger partial charge in [-0.2, -0.15) is 0 Å². The van der Waals surface area contributed by atoms with Gasteiger partial charge >= 0.3 is 6.03 Å². The van der Waals surface area contributed by atoms with Gasteiger partial charge < -0.3 is 20.1 Å². The lowest BCUT2D eigenvalue weighted by atomic mass is 9.94. The number of carbonyl (C=O) groups excluding carboxylic acids is 1. The number of urea groups is 1. The Morgan fingerprint density at radius 2 is 2.04 bits per heavy atom. The highest BCUT2D eigenvalue weighted by molar-refractivity contribution is 5.80. The van der Waals surface area contributed by atoms with Crippen LogP contribution in [0.3, 0.4) is 0 Å². The Balaban J connectivity index is 1.38. The van der Waals surface area contributed by atoms with Crippen LogP contribution in [0.2, 0.25) is 0 Å². The van der Waals surface area contributed by atoms with Gasteiger partial charge in [-0.15, -0.1) is 0 Å². The second kappa shape index (κ2) is 8.15. The number of nitrogens with one attached hydrogen (secondary N) is 2. The molecule has 3 rings (SSSR count). The monoisotopic (exact) mass is 330 g/mol. The van der Waals surface area contributed by atoms with Crippen LogP contribution >= 0.6 is 0 Å². The molecular formula is C18H26N4O2. The van der Waals surface area contributed by atoms with Crippen molar-refractivity contribution in [3.05, 3.63) is 30.0 Å². The van der Waals surface area contributed by atoms with Gasteiger partial charge in [0.1, 0.15) is 5.69 Å². The summed E-state index contributed by atoms with van der Waals surface area (Å²) < 4.78 is 5.23. The highest BCUT2D eigenvalue weighted by Gasteiger charge is 2.17. The molecule has 1 aliphatic rings. The van der Waals surface area contributed by atoms with Crippen LogP contribution in [0, 0.1) is 0 Å². The zero-order chi connectivity index (χ0) is 16.8. The molecule has 1 aromatic heterocycles. The maximum atomic E-state index is 11.9. The summed E-state index contributed by atoms with van der Waals surface area (Å²) >= 11 is 0. The molecule has 2 N–H and O–H groups in total. The fourth-order valence-electron chi connectivity index (χ4n) is 3.34. The van der Waals surface area contributed by atoms with Gasteiger partial charge in [0.15, 0.2) is 5.58 Å². The number of hydrogen-bond donors (Lipinski definition) is 2. The molecule has 1 heterocycles. The van der Waals surface area contributed by atoms with Gasteiger partial charge in [0, 0.05) is 24.5 Å². The lowest BCUT2D eigenvalue weighted by Gasteiger charge is -2.31. The number of amides is 2. The van der Waals surface area contributed by atoms with E-state index in [0.717, 1.165) is 23.2 Å². The first-order chi connectivity index (χ1) is 11.7. The summed E-state index contributed by atoms with van der Waals surface area (Å²) in [6, 6.07) is 8.15. The van der Waals surface area contributed by atoms with Gasteiger partial charge in [-0.3, -0.25) is 0 Å².